The first kappa shape index (κ1) is 16.5. The minimum absolute atomic E-state index is 0.194. The van der Waals surface area contributed by atoms with Crippen molar-refractivity contribution in [3.63, 3.8) is 0 Å². The van der Waals surface area contributed by atoms with Crippen LogP contribution in [0.5, 0.6) is 0 Å². The van der Waals surface area contributed by atoms with Gasteiger partial charge in [0.2, 0.25) is 5.78 Å². The molecule has 1 aromatic rings. The van der Waals surface area contributed by atoms with E-state index in [-0.39, 0.29) is 12.3 Å². The van der Waals surface area contributed by atoms with E-state index in [1.807, 2.05) is 6.07 Å². The topological polar surface area (TPSA) is 84.7 Å². The molecule has 1 fully saturated rings. The summed E-state index contributed by atoms with van der Waals surface area (Å²) < 4.78 is 5.39. The van der Waals surface area contributed by atoms with Crippen molar-refractivity contribution in [2.24, 2.45) is 5.73 Å². The van der Waals surface area contributed by atoms with Gasteiger partial charge in [-0.15, -0.1) is 0 Å². The van der Waals surface area contributed by atoms with Crippen molar-refractivity contribution in [1.29, 1.82) is 0 Å². The second-order valence-electron chi connectivity index (χ2n) is 6.43. The van der Waals surface area contributed by atoms with Crippen molar-refractivity contribution < 1.29 is 14.3 Å². The maximum absolute atomic E-state index is 12.8. The molecular formula is C16H23N3O3. The van der Waals surface area contributed by atoms with Crippen molar-refractivity contribution in [2.75, 3.05) is 19.6 Å². The second-order valence-corrected chi connectivity index (χ2v) is 6.43. The van der Waals surface area contributed by atoms with Crippen molar-refractivity contribution >= 4 is 11.9 Å². The van der Waals surface area contributed by atoms with E-state index in [2.05, 4.69) is 5.32 Å². The number of nitrogens with one attached hydrogen (secondary N) is 1. The van der Waals surface area contributed by atoms with Gasteiger partial charge in [0.15, 0.2) is 5.66 Å². The van der Waals surface area contributed by atoms with Crippen LogP contribution >= 0.6 is 0 Å². The maximum atomic E-state index is 12.8. The number of ether oxygens (including phenoxy) is 1. The SMILES string of the molecule is CC(C)(C)OC(=O)N1CCNCC1(N)C(=O)c1ccccc1. The van der Waals surface area contributed by atoms with Gasteiger partial charge in [0.05, 0.1) is 0 Å². The first-order chi connectivity index (χ1) is 10.2. The molecular weight excluding hydrogens is 282 g/mol. The molecule has 2 rings (SSSR count). The molecule has 1 atom stereocenters. The van der Waals surface area contributed by atoms with E-state index in [9.17, 15) is 9.59 Å². The van der Waals surface area contributed by atoms with Crippen LogP contribution in [0.4, 0.5) is 4.79 Å². The van der Waals surface area contributed by atoms with Crippen LogP contribution in [0.15, 0.2) is 30.3 Å². The summed E-state index contributed by atoms with van der Waals surface area (Å²) in [6, 6.07) is 8.75. The molecule has 1 saturated heterocycles. The zero-order chi connectivity index (χ0) is 16.4. The summed E-state index contributed by atoms with van der Waals surface area (Å²) in [6.07, 6.45) is -0.569. The van der Waals surface area contributed by atoms with E-state index in [1.165, 1.54) is 4.90 Å². The monoisotopic (exact) mass is 305 g/mol. The summed E-state index contributed by atoms with van der Waals surface area (Å²) in [5.41, 5.74) is 4.70. The number of hydrogen-bond donors (Lipinski definition) is 2. The third-order valence-electron chi connectivity index (χ3n) is 3.43. The van der Waals surface area contributed by atoms with Gasteiger partial charge in [-0.3, -0.25) is 9.69 Å². The number of rotatable bonds is 2. The van der Waals surface area contributed by atoms with Gasteiger partial charge in [-0.2, -0.15) is 0 Å². The van der Waals surface area contributed by atoms with Gasteiger partial charge < -0.3 is 15.8 Å². The molecule has 0 aromatic heterocycles. The second kappa shape index (κ2) is 6.06. The Morgan fingerprint density at radius 3 is 2.50 bits per heavy atom. The smallest absolute Gasteiger partial charge is 0.412 e. The van der Waals surface area contributed by atoms with Crippen LogP contribution in [-0.2, 0) is 4.74 Å². The van der Waals surface area contributed by atoms with Crippen LogP contribution in [0, 0.1) is 0 Å². The number of carbonyl (C=O) groups is 2. The van der Waals surface area contributed by atoms with E-state index in [0.29, 0.717) is 18.7 Å². The Hall–Kier alpha value is -1.92. The first-order valence-electron chi connectivity index (χ1n) is 7.34. The predicted octanol–water partition coefficient (Wildman–Crippen LogP) is 1.36. The molecule has 1 aliphatic rings. The summed E-state index contributed by atoms with van der Waals surface area (Å²) >= 11 is 0. The Bertz CT molecular complexity index is 554. The lowest BCUT2D eigenvalue weighted by Crippen LogP contribution is -2.72. The molecule has 0 spiro atoms. The summed E-state index contributed by atoms with van der Waals surface area (Å²) in [5, 5.41) is 3.08. The van der Waals surface area contributed by atoms with E-state index in [0.717, 1.165) is 0 Å². The molecule has 6 nitrogen and oxygen atoms in total. The summed E-state index contributed by atoms with van der Waals surface area (Å²) in [4.78, 5) is 26.5. The molecule has 3 N–H and O–H groups in total. The van der Waals surface area contributed by atoms with Crippen molar-refractivity contribution in [3.05, 3.63) is 35.9 Å². The number of carbonyl (C=O) groups excluding carboxylic acids is 2. The molecule has 0 radical (unpaired) electrons. The van der Waals surface area contributed by atoms with E-state index in [4.69, 9.17) is 10.5 Å². The average Bonchev–Trinajstić information content (AvgIpc) is 2.46. The third kappa shape index (κ3) is 3.45. The Labute approximate surface area is 130 Å². The fourth-order valence-corrected chi connectivity index (χ4v) is 2.38. The van der Waals surface area contributed by atoms with E-state index >= 15 is 0 Å². The number of piperazine rings is 1. The van der Waals surface area contributed by atoms with Gasteiger partial charge in [-0.05, 0) is 20.8 Å². The molecule has 0 saturated carbocycles. The van der Waals surface area contributed by atoms with Crippen molar-refractivity contribution in [3.8, 4) is 0 Å². The summed E-state index contributed by atoms with van der Waals surface area (Å²) in [7, 11) is 0. The number of nitrogens with two attached hydrogens (primary N) is 1. The molecule has 6 heteroatoms. The third-order valence-corrected chi connectivity index (χ3v) is 3.43. The number of benzene rings is 1. The van der Waals surface area contributed by atoms with Crippen molar-refractivity contribution in [2.45, 2.75) is 32.0 Å². The summed E-state index contributed by atoms with van der Waals surface area (Å²) in [6.45, 7) is 6.43. The van der Waals surface area contributed by atoms with Gasteiger partial charge in [0.25, 0.3) is 0 Å². The zero-order valence-electron chi connectivity index (χ0n) is 13.3. The van der Waals surface area contributed by atoms with Gasteiger partial charge in [-0.25, -0.2) is 4.79 Å². The first-order valence-corrected chi connectivity index (χ1v) is 7.34. The van der Waals surface area contributed by atoms with Crippen LogP contribution in [0.1, 0.15) is 31.1 Å². The molecule has 1 unspecified atom stereocenters. The van der Waals surface area contributed by atoms with Gasteiger partial charge in [0, 0.05) is 25.2 Å². The highest BCUT2D eigenvalue weighted by molar-refractivity contribution is 6.04. The minimum atomic E-state index is -1.44. The van der Waals surface area contributed by atoms with Crippen LogP contribution in [0.3, 0.4) is 0 Å². The van der Waals surface area contributed by atoms with E-state index < -0.39 is 17.4 Å². The molecule has 0 aliphatic carbocycles. The Balaban J connectivity index is 2.28. The number of amides is 1. The quantitative estimate of drug-likeness (QED) is 0.806. The zero-order valence-corrected chi connectivity index (χ0v) is 13.3. The van der Waals surface area contributed by atoms with Crippen LogP contribution in [-0.4, -0.2) is 47.7 Å². The molecule has 22 heavy (non-hydrogen) atoms. The Kier molecular flexibility index (Phi) is 4.53. The van der Waals surface area contributed by atoms with Crippen molar-refractivity contribution in [1.82, 2.24) is 10.2 Å². The number of hydrogen-bond acceptors (Lipinski definition) is 5. The Morgan fingerprint density at radius 1 is 1.27 bits per heavy atom. The lowest BCUT2D eigenvalue weighted by atomic mass is 9.95. The fourth-order valence-electron chi connectivity index (χ4n) is 2.38. The molecule has 1 aliphatic heterocycles. The van der Waals surface area contributed by atoms with Crippen LogP contribution in [0.25, 0.3) is 0 Å². The molecule has 120 valence electrons. The molecule has 1 aromatic carbocycles. The lowest BCUT2D eigenvalue weighted by molar-refractivity contribution is -0.00620. The largest absolute Gasteiger partial charge is 0.444 e. The normalized spacial score (nSPS) is 22.3. The number of ketones is 1. The predicted molar refractivity (Wildman–Crippen MR) is 83.5 cm³/mol. The number of nitrogens with zero attached hydrogens (tertiary/aromatic N) is 1. The van der Waals surface area contributed by atoms with Crippen LogP contribution in [0.2, 0.25) is 0 Å². The highest BCUT2D eigenvalue weighted by Crippen LogP contribution is 2.21. The Morgan fingerprint density at radius 2 is 1.91 bits per heavy atom. The number of Topliss-reactive ketones (excluding diaryl/α,β-unsaturated/α-hetero) is 1. The highest BCUT2D eigenvalue weighted by atomic mass is 16.6. The minimum Gasteiger partial charge on any atom is -0.444 e. The molecule has 1 amide bonds. The van der Waals surface area contributed by atoms with Crippen LogP contribution < -0.4 is 11.1 Å². The van der Waals surface area contributed by atoms with Gasteiger partial charge in [0.1, 0.15) is 5.60 Å². The van der Waals surface area contributed by atoms with Gasteiger partial charge >= 0.3 is 6.09 Å². The molecule has 0 bridgehead atoms. The van der Waals surface area contributed by atoms with Gasteiger partial charge in [-0.1, -0.05) is 30.3 Å². The fraction of sp³-hybridized carbons (Fsp3) is 0.500. The average molecular weight is 305 g/mol. The lowest BCUT2D eigenvalue weighted by Gasteiger charge is -2.43. The maximum Gasteiger partial charge on any atom is 0.412 e. The van der Waals surface area contributed by atoms with E-state index in [1.54, 1.807) is 45.0 Å². The highest BCUT2D eigenvalue weighted by Gasteiger charge is 2.46. The molecule has 1 heterocycles. The summed E-state index contributed by atoms with van der Waals surface area (Å²) in [5.74, 6) is -0.300. The standard InChI is InChI=1S/C16H23N3O3/c1-15(2,3)22-14(21)19-10-9-18-11-16(19,17)13(20)12-7-5-4-6-8-12/h4-8,18H,9-11,17H2,1-3H3.